The van der Waals surface area contributed by atoms with Gasteiger partial charge in [-0.2, -0.15) is 0 Å². The van der Waals surface area contributed by atoms with Crippen molar-refractivity contribution in [2.24, 2.45) is 9.98 Å². The van der Waals surface area contributed by atoms with Gasteiger partial charge in [-0.3, -0.25) is 0 Å². The zero-order valence-corrected chi connectivity index (χ0v) is 17.2. The third-order valence-electron chi connectivity index (χ3n) is 3.21. The first-order chi connectivity index (χ1) is 12.0. The van der Waals surface area contributed by atoms with Gasteiger partial charge in [0.15, 0.2) is 0 Å². The van der Waals surface area contributed by atoms with E-state index in [0.717, 1.165) is 16.6 Å². The number of pyridine rings is 1. The summed E-state index contributed by atoms with van der Waals surface area (Å²) in [7, 11) is -0.403. The van der Waals surface area contributed by atoms with E-state index in [1.54, 1.807) is 6.21 Å². The monoisotopic (exact) mass is 434 g/mol. The molecule has 25 heavy (non-hydrogen) atoms. The molecule has 0 bridgehead atoms. The highest BCUT2D eigenvalue weighted by Crippen LogP contribution is 2.33. The lowest BCUT2D eigenvalue weighted by Gasteiger charge is -2.17. The number of anilines is 1. The Hall–Kier alpha value is -1.73. The molecular weight excluding hydrogens is 419 g/mol. The van der Waals surface area contributed by atoms with Crippen molar-refractivity contribution in [2.75, 3.05) is 24.0 Å². The summed E-state index contributed by atoms with van der Waals surface area (Å²) in [5, 5.41) is 6.19. The SMILES string of the molecule is C#Cc1ccc2c(P(C)C)c(NC(=C)N=C(Cl)N=CCBr)ccc2n1. The van der Waals surface area contributed by atoms with Crippen LogP contribution in [0.3, 0.4) is 0 Å². The summed E-state index contributed by atoms with van der Waals surface area (Å²) < 4.78 is 0. The van der Waals surface area contributed by atoms with Gasteiger partial charge in [0.2, 0.25) is 5.29 Å². The summed E-state index contributed by atoms with van der Waals surface area (Å²) >= 11 is 9.20. The predicted molar refractivity (Wildman–Crippen MR) is 116 cm³/mol. The van der Waals surface area contributed by atoms with E-state index in [1.807, 2.05) is 24.3 Å². The number of hydrogen-bond acceptors (Lipinski definition) is 3. The summed E-state index contributed by atoms with van der Waals surface area (Å²) in [6.45, 7) is 8.27. The number of nitrogens with one attached hydrogen (secondary N) is 1. The molecule has 0 aliphatic heterocycles. The van der Waals surface area contributed by atoms with Crippen LogP contribution in [0.1, 0.15) is 5.69 Å². The molecule has 1 heterocycles. The standard InChI is InChI=1S/C18H17BrClN4P/c1-5-13-6-7-14-15(24-13)8-9-16(17(14)25(3)4)22-12(2)23-18(20)21-11-10-19/h1,6-9,11,22H,2,10H2,3-4H3. The zero-order chi connectivity index (χ0) is 18.4. The van der Waals surface area contributed by atoms with E-state index in [-0.39, 0.29) is 5.29 Å². The molecule has 0 spiro atoms. The molecule has 0 aliphatic carbocycles. The fourth-order valence-electron chi connectivity index (χ4n) is 2.29. The number of nitrogens with zero attached hydrogens (tertiary/aromatic N) is 3. The fourth-order valence-corrected chi connectivity index (χ4v) is 3.88. The van der Waals surface area contributed by atoms with E-state index < -0.39 is 7.92 Å². The average molecular weight is 436 g/mol. The molecule has 0 fully saturated rings. The maximum atomic E-state index is 5.96. The number of aromatic nitrogens is 1. The first-order valence-electron chi connectivity index (χ1n) is 7.32. The van der Waals surface area contributed by atoms with Crippen molar-refractivity contribution in [2.45, 2.75) is 0 Å². The molecule has 2 rings (SSSR count). The Morgan fingerprint density at radius 3 is 2.84 bits per heavy atom. The molecule has 7 heteroatoms. The van der Waals surface area contributed by atoms with Crippen molar-refractivity contribution >= 4 is 68.9 Å². The van der Waals surface area contributed by atoms with E-state index in [2.05, 4.69) is 62.0 Å². The van der Waals surface area contributed by atoms with Crippen LogP contribution in [-0.2, 0) is 0 Å². The molecule has 2 aromatic rings. The second-order valence-corrected chi connectivity index (χ2v) is 8.40. The van der Waals surface area contributed by atoms with Crippen LogP contribution in [0.15, 0.2) is 46.7 Å². The Bertz CT molecular complexity index is 900. The van der Waals surface area contributed by atoms with E-state index in [1.165, 1.54) is 5.30 Å². The van der Waals surface area contributed by atoms with Gasteiger partial charge in [-0.05, 0) is 49.2 Å². The van der Waals surface area contributed by atoms with Crippen molar-refractivity contribution < 1.29 is 0 Å². The Morgan fingerprint density at radius 1 is 1.44 bits per heavy atom. The number of fused-ring (bicyclic) bond motifs is 1. The van der Waals surface area contributed by atoms with Crippen LogP contribution in [-0.4, -0.2) is 35.2 Å². The summed E-state index contributed by atoms with van der Waals surface area (Å²) in [5.41, 5.74) is 2.43. The van der Waals surface area contributed by atoms with Crippen LogP contribution < -0.4 is 10.6 Å². The number of amidine groups is 1. The Kier molecular flexibility index (Phi) is 7.13. The van der Waals surface area contributed by atoms with Crippen LogP contribution >= 0.6 is 35.5 Å². The number of hydrogen-bond donors (Lipinski definition) is 1. The topological polar surface area (TPSA) is 49.6 Å². The van der Waals surface area contributed by atoms with Gasteiger partial charge >= 0.3 is 0 Å². The molecular formula is C18H17BrClN4P. The lowest BCUT2D eigenvalue weighted by Crippen LogP contribution is -2.11. The number of benzene rings is 1. The normalized spacial score (nSPS) is 11.9. The molecule has 0 saturated heterocycles. The summed E-state index contributed by atoms with van der Waals surface area (Å²) in [6, 6.07) is 7.76. The van der Waals surface area contributed by atoms with Gasteiger partial charge < -0.3 is 5.32 Å². The lowest BCUT2D eigenvalue weighted by atomic mass is 10.1. The van der Waals surface area contributed by atoms with Crippen LogP contribution in [0.5, 0.6) is 0 Å². The van der Waals surface area contributed by atoms with Crippen LogP contribution in [0.2, 0.25) is 0 Å². The van der Waals surface area contributed by atoms with Crippen molar-refractivity contribution in [3.8, 4) is 12.3 Å². The number of terminal acetylenes is 1. The molecule has 1 aromatic heterocycles. The third kappa shape index (κ3) is 5.12. The first-order valence-corrected chi connectivity index (χ1v) is 11.1. The number of aliphatic imine (C=N–C) groups is 2. The molecule has 0 amide bonds. The molecule has 0 radical (unpaired) electrons. The highest BCUT2D eigenvalue weighted by Gasteiger charge is 2.13. The molecule has 0 aliphatic rings. The summed E-state index contributed by atoms with van der Waals surface area (Å²) in [4.78, 5) is 12.6. The van der Waals surface area contributed by atoms with Crippen molar-refractivity contribution in [3.05, 3.63) is 42.4 Å². The Morgan fingerprint density at radius 2 is 2.20 bits per heavy atom. The van der Waals surface area contributed by atoms with Crippen LogP contribution in [0.25, 0.3) is 10.9 Å². The summed E-state index contributed by atoms with van der Waals surface area (Å²) in [5.74, 6) is 2.99. The molecule has 0 saturated carbocycles. The second-order valence-electron chi connectivity index (χ2n) is 5.18. The van der Waals surface area contributed by atoms with E-state index >= 15 is 0 Å². The largest absolute Gasteiger partial charge is 0.340 e. The number of rotatable bonds is 5. The van der Waals surface area contributed by atoms with Gasteiger partial charge in [0, 0.05) is 27.9 Å². The minimum Gasteiger partial charge on any atom is -0.340 e. The number of alkyl halides is 1. The summed E-state index contributed by atoms with van der Waals surface area (Å²) in [6.07, 6.45) is 7.06. The maximum absolute atomic E-state index is 5.96. The third-order valence-corrected chi connectivity index (χ3v) is 5.06. The molecule has 0 atom stereocenters. The highest BCUT2D eigenvalue weighted by atomic mass is 79.9. The van der Waals surface area contributed by atoms with E-state index in [0.29, 0.717) is 16.8 Å². The Labute approximate surface area is 162 Å². The average Bonchev–Trinajstić information content (AvgIpc) is 2.58. The van der Waals surface area contributed by atoms with Crippen molar-refractivity contribution in [1.29, 1.82) is 0 Å². The van der Waals surface area contributed by atoms with Gasteiger partial charge in [-0.1, -0.05) is 36.4 Å². The van der Waals surface area contributed by atoms with Gasteiger partial charge in [0.25, 0.3) is 0 Å². The first kappa shape index (κ1) is 19.6. The minimum atomic E-state index is -0.403. The molecule has 0 unspecified atom stereocenters. The molecule has 1 aromatic carbocycles. The molecule has 1 N–H and O–H groups in total. The minimum absolute atomic E-state index is 0.120. The van der Waals surface area contributed by atoms with Crippen molar-refractivity contribution in [1.82, 2.24) is 4.98 Å². The van der Waals surface area contributed by atoms with Gasteiger partial charge in [0.05, 0.1) is 5.52 Å². The smallest absolute Gasteiger partial charge is 0.223 e. The second kappa shape index (κ2) is 9.10. The highest BCUT2D eigenvalue weighted by molar-refractivity contribution is 9.09. The maximum Gasteiger partial charge on any atom is 0.223 e. The van der Waals surface area contributed by atoms with Crippen molar-refractivity contribution in [3.63, 3.8) is 0 Å². The van der Waals surface area contributed by atoms with Gasteiger partial charge in [0.1, 0.15) is 11.5 Å². The molecule has 4 nitrogen and oxygen atoms in total. The van der Waals surface area contributed by atoms with Gasteiger partial charge in [-0.25, -0.2) is 15.0 Å². The van der Waals surface area contributed by atoms with E-state index in [9.17, 15) is 0 Å². The van der Waals surface area contributed by atoms with Gasteiger partial charge in [-0.15, -0.1) is 6.42 Å². The fraction of sp³-hybridized carbons (Fsp3) is 0.167. The van der Waals surface area contributed by atoms with Crippen LogP contribution in [0, 0.1) is 12.3 Å². The van der Waals surface area contributed by atoms with E-state index in [4.69, 9.17) is 18.0 Å². The molecule has 128 valence electrons. The lowest BCUT2D eigenvalue weighted by molar-refractivity contribution is 1.32. The Balaban J connectivity index is 2.41. The predicted octanol–water partition coefficient (Wildman–Crippen LogP) is 4.53. The zero-order valence-electron chi connectivity index (χ0n) is 13.9. The number of halogens is 2. The quantitative estimate of drug-likeness (QED) is 0.187. The van der Waals surface area contributed by atoms with Crippen LogP contribution in [0.4, 0.5) is 5.69 Å².